The number of carbonyl (C=O) groups is 3. The number of amides is 2. The van der Waals surface area contributed by atoms with Crippen LogP contribution in [0.1, 0.15) is 21.5 Å². The highest BCUT2D eigenvalue weighted by Crippen LogP contribution is 2.34. The van der Waals surface area contributed by atoms with Crippen LogP contribution in [-0.2, 0) is 11.3 Å². The van der Waals surface area contributed by atoms with Crippen LogP contribution in [0, 0.1) is 0 Å². The number of rotatable bonds is 4. The van der Waals surface area contributed by atoms with E-state index >= 15 is 0 Å². The van der Waals surface area contributed by atoms with Crippen LogP contribution in [0.2, 0.25) is 5.02 Å². The Balaban J connectivity index is 1.81. The highest BCUT2D eigenvalue weighted by Gasteiger charge is 2.35. The summed E-state index contributed by atoms with van der Waals surface area (Å²) in [4.78, 5) is 36.9. The molecule has 0 aromatic heterocycles. The second-order valence-electron chi connectivity index (χ2n) is 5.29. The summed E-state index contributed by atoms with van der Waals surface area (Å²) in [5.74, 6) is -1.41. The highest BCUT2D eigenvalue weighted by molar-refractivity contribution is 8.18. The van der Waals surface area contributed by atoms with E-state index in [1.807, 2.05) is 0 Å². The van der Waals surface area contributed by atoms with Gasteiger partial charge in [0.25, 0.3) is 11.1 Å². The minimum atomic E-state index is -1.02. The summed E-state index contributed by atoms with van der Waals surface area (Å²) < 4.78 is 0. The molecule has 0 radical (unpaired) electrons. The predicted molar refractivity (Wildman–Crippen MR) is 96.4 cm³/mol. The third-order valence-electron chi connectivity index (χ3n) is 3.62. The van der Waals surface area contributed by atoms with Crippen molar-refractivity contribution in [2.75, 3.05) is 0 Å². The second kappa shape index (κ2) is 7.13. The van der Waals surface area contributed by atoms with Crippen molar-refractivity contribution >= 4 is 46.6 Å². The molecule has 2 aromatic rings. The van der Waals surface area contributed by atoms with Crippen molar-refractivity contribution in [2.45, 2.75) is 6.54 Å². The van der Waals surface area contributed by atoms with E-state index in [-0.39, 0.29) is 17.3 Å². The summed E-state index contributed by atoms with van der Waals surface area (Å²) in [5, 5.41) is 9.03. The number of hydrogen-bond donors (Lipinski definition) is 1. The van der Waals surface area contributed by atoms with Crippen LogP contribution in [0.25, 0.3) is 6.08 Å². The molecule has 5 nitrogen and oxygen atoms in total. The SMILES string of the molecule is O=C(O)c1ccc(/C=C2\SC(=O)N(Cc3ccccc3Cl)C2=O)cc1. The number of hydrogen-bond acceptors (Lipinski definition) is 4. The van der Waals surface area contributed by atoms with E-state index in [4.69, 9.17) is 16.7 Å². The molecule has 25 heavy (non-hydrogen) atoms. The molecule has 1 N–H and O–H groups in total. The maximum absolute atomic E-state index is 12.5. The summed E-state index contributed by atoms with van der Waals surface area (Å²) in [7, 11) is 0. The molecule has 1 aliphatic heterocycles. The first-order valence-corrected chi connectivity index (χ1v) is 8.47. The number of thioether (sulfide) groups is 1. The van der Waals surface area contributed by atoms with E-state index < -0.39 is 11.9 Å². The maximum Gasteiger partial charge on any atom is 0.335 e. The summed E-state index contributed by atoms with van der Waals surface area (Å²) in [6.45, 7) is 0.111. The number of carboxylic acid groups (broad SMARTS) is 1. The lowest BCUT2D eigenvalue weighted by Crippen LogP contribution is -2.27. The van der Waals surface area contributed by atoms with Crippen molar-refractivity contribution in [1.29, 1.82) is 0 Å². The molecule has 2 amide bonds. The summed E-state index contributed by atoms with van der Waals surface area (Å²) in [6.07, 6.45) is 1.57. The molecule has 2 aromatic carbocycles. The number of carbonyl (C=O) groups excluding carboxylic acids is 2. The highest BCUT2D eigenvalue weighted by atomic mass is 35.5. The average molecular weight is 374 g/mol. The zero-order chi connectivity index (χ0) is 18.0. The van der Waals surface area contributed by atoms with Crippen LogP contribution in [0.4, 0.5) is 4.79 Å². The van der Waals surface area contributed by atoms with Gasteiger partial charge in [0.05, 0.1) is 17.0 Å². The van der Waals surface area contributed by atoms with Gasteiger partial charge in [0.1, 0.15) is 0 Å². The Morgan fingerprint density at radius 3 is 2.44 bits per heavy atom. The molecule has 1 heterocycles. The van der Waals surface area contributed by atoms with E-state index in [0.29, 0.717) is 21.1 Å². The van der Waals surface area contributed by atoms with Gasteiger partial charge in [0, 0.05) is 5.02 Å². The van der Waals surface area contributed by atoms with Crippen LogP contribution >= 0.6 is 23.4 Å². The van der Waals surface area contributed by atoms with Crippen LogP contribution in [-0.4, -0.2) is 27.1 Å². The molecular weight excluding hydrogens is 362 g/mol. The van der Waals surface area contributed by atoms with Crippen LogP contribution < -0.4 is 0 Å². The third kappa shape index (κ3) is 3.75. The van der Waals surface area contributed by atoms with E-state index in [2.05, 4.69) is 0 Å². The van der Waals surface area contributed by atoms with Crippen molar-refractivity contribution in [3.63, 3.8) is 0 Å². The van der Waals surface area contributed by atoms with Crippen molar-refractivity contribution in [2.24, 2.45) is 0 Å². The zero-order valence-electron chi connectivity index (χ0n) is 12.8. The Hall–Kier alpha value is -2.57. The molecule has 0 aliphatic carbocycles. The summed E-state index contributed by atoms with van der Waals surface area (Å²) >= 11 is 6.94. The molecule has 0 bridgehead atoms. The van der Waals surface area contributed by atoms with Crippen molar-refractivity contribution in [3.8, 4) is 0 Å². The fourth-order valence-corrected chi connectivity index (χ4v) is 3.34. The smallest absolute Gasteiger partial charge is 0.335 e. The van der Waals surface area contributed by atoms with Gasteiger partial charge in [-0.3, -0.25) is 14.5 Å². The Bertz CT molecular complexity index is 892. The normalized spacial score (nSPS) is 15.9. The number of nitrogens with zero attached hydrogens (tertiary/aromatic N) is 1. The van der Waals surface area contributed by atoms with Gasteiger partial charge >= 0.3 is 5.97 Å². The lowest BCUT2D eigenvalue weighted by atomic mass is 10.1. The van der Waals surface area contributed by atoms with Crippen molar-refractivity contribution in [3.05, 3.63) is 75.1 Å². The Labute approximate surface area is 152 Å². The van der Waals surface area contributed by atoms with Gasteiger partial charge in [-0.25, -0.2) is 4.79 Å². The van der Waals surface area contributed by atoms with Gasteiger partial charge in [-0.05, 0) is 47.2 Å². The first-order chi connectivity index (χ1) is 12.0. The van der Waals surface area contributed by atoms with Gasteiger partial charge in [-0.15, -0.1) is 0 Å². The quantitative estimate of drug-likeness (QED) is 0.810. The molecule has 1 saturated heterocycles. The van der Waals surface area contributed by atoms with Gasteiger partial charge in [0.15, 0.2) is 0 Å². The molecular formula is C18H12ClNO4S. The fourth-order valence-electron chi connectivity index (χ4n) is 2.31. The zero-order valence-corrected chi connectivity index (χ0v) is 14.4. The first-order valence-electron chi connectivity index (χ1n) is 7.28. The number of halogens is 1. The predicted octanol–water partition coefficient (Wildman–Crippen LogP) is 4.27. The second-order valence-corrected chi connectivity index (χ2v) is 6.69. The molecule has 3 rings (SSSR count). The molecule has 0 spiro atoms. The number of aromatic carboxylic acids is 1. The molecule has 0 unspecified atom stereocenters. The van der Waals surface area contributed by atoms with Crippen molar-refractivity contribution in [1.82, 2.24) is 4.90 Å². The average Bonchev–Trinajstić information content (AvgIpc) is 2.85. The number of carboxylic acids is 1. The van der Waals surface area contributed by atoms with Crippen LogP contribution in [0.5, 0.6) is 0 Å². The van der Waals surface area contributed by atoms with Gasteiger partial charge in [0.2, 0.25) is 0 Å². The van der Waals surface area contributed by atoms with Gasteiger partial charge in [-0.2, -0.15) is 0 Å². The minimum Gasteiger partial charge on any atom is -0.478 e. The largest absolute Gasteiger partial charge is 0.478 e. The maximum atomic E-state index is 12.5. The minimum absolute atomic E-state index is 0.111. The summed E-state index contributed by atoms with van der Waals surface area (Å²) in [5.41, 5.74) is 1.50. The standard InChI is InChI=1S/C18H12ClNO4S/c19-14-4-2-1-3-13(14)10-20-16(21)15(25-18(20)24)9-11-5-7-12(8-6-11)17(22)23/h1-9H,10H2,(H,22,23)/b15-9-. The molecule has 126 valence electrons. The Morgan fingerprint density at radius 1 is 1.12 bits per heavy atom. The van der Waals surface area contributed by atoms with Crippen LogP contribution in [0.3, 0.4) is 0 Å². The van der Waals surface area contributed by atoms with Gasteiger partial charge < -0.3 is 5.11 Å². The van der Waals surface area contributed by atoms with E-state index in [1.165, 1.54) is 12.1 Å². The monoisotopic (exact) mass is 373 g/mol. The molecule has 7 heteroatoms. The lowest BCUT2D eigenvalue weighted by molar-refractivity contribution is -0.123. The van der Waals surface area contributed by atoms with E-state index in [9.17, 15) is 14.4 Å². The fraction of sp³-hybridized carbons (Fsp3) is 0.0556. The van der Waals surface area contributed by atoms with E-state index in [0.717, 1.165) is 16.7 Å². The number of benzene rings is 2. The third-order valence-corrected chi connectivity index (χ3v) is 4.89. The first kappa shape index (κ1) is 17.3. The Morgan fingerprint density at radius 2 is 1.80 bits per heavy atom. The molecule has 1 fully saturated rings. The molecule has 1 aliphatic rings. The lowest BCUT2D eigenvalue weighted by Gasteiger charge is -2.13. The Kier molecular flexibility index (Phi) is 4.92. The molecule has 0 atom stereocenters. The topological polar surface area (TPSA) is 74.7 Å². The molecule has 0 saturated carbocycles. The van der Waals surface area contributed by atoms with Crippen LogP contribution in [0.15, 0.2) is 53.4 Å². The van der Waals surface area contributed by atoms with Gasteiger partial charge in [-0.1, -0.05) is 41.9 Å². The van der Waals surface area contributed by atoms with Crippen molar-refractivity contribution < 1.29 is 19.5 Å². The number of imide groups is 1. The summed E-state index contributed by atoms with van der Waals surface area (Å²) in [6, 6.07) is 13.1. The van der Waals surface area contributed by atoms with E-state index in [1.54, 1.807) is 42.5 Å².